The quantitative estimate of drug-likeness (QED) is 0.617. The molecule has 2 nitrogen and oxygen atoms in total. The summed E-state index contributed by atoms with van der Waals surface area (Å²) < 4.78 is 17.2. The van der Waals surface area contributed by atoms with E-state index < -0.39 is 6.86 Å². The highest BCUT2D eigenvalue weighted by Crippen LogP contribution is 2.27. The van der Waals surface area contributed by atoms with E-state index in [1.54, 1.807) is 25.1 Å². The number of carbonyl (C=O) groups is 1. The zero-order valence-electron chi connectivity index (χ0n) is 7.97. The maximum Gasteiger partial charge on any atom is 0.228 e. The Hall–Kier alpha value is -0.420. The van der Waals surface area contributed by atoms with Gasteiger partial charge in [0.1, 0.15) is 5.75 Å². The molecular formula is C10H9Br2FO2. The van der Waals surface area contributed by atoms with E-state index in [1.807, 2.05) is 0 Å². The normalized spacial score (nSPS) is 12.3. The van der Waals surface area contributed by atoms with Crippen LogP contribution in [0.3, 0.4) is 0 Å². The molecule has 0 N–H and O–H groups in total. The molecule has 0 aliphatic rings. The number of Topliss-reactive ketones (excluding diaryl/α,β-unsaturated/α-hetero) is 1. The van der Waals surface area contributed by atoms with Gasteiger partial charge in [-0.3, -0.25) is 4.79 Å². The molecule has 1 aromatic carbocycles. The predicted octanol–water partition coefficient (Wildman–Crippen LogP) is 3.72. The summed E-state index contributed by atoms with van der Waals surface area (Å²) in [6.45, 7) is 0.864. The Morgan fingerprint density at radius 1 is 1.60 bits per heavy atom. The van der Waals surface area contributed by atoms with Gasteiger partial charge in [-0.15, -0.1) is 0 Å². The number of hydrogen-bond acceptors (Lipinski definition) is 2. The zero-order chi connectivity index (χ0) is 11.4. The van der Waals surface area contributed by atoms with Crippen LogP contribution in [0.25, 0.3) is 0 Å². The van der Waals surface area contributed by atoms with E-state index in [9.17, 15) is 9.18 Å². The van der Waals surface area contributed by atoms with Crippen LogP contribution >= 0.6 is 31.9 Å². The van der Waals surface area contributed by atoms with Crippen molar-refractivity contribution in [3.8, 4) is 5.75 Å². The Bertz CT molecular complexity index is 366. The minimum Gasteiger partial charge on any atom is -0.462 e. The van der Waals surface area contributed by atoms with Crippen LogP contribution in [0, 0.1) is 0 Å². The lowest BCUT2D eigenvalue weighted by Crippen LogP contribution is -2.09. The molecule has 1 atom stereocenters. The molecule has 0 amide bonds. The molecule has 0 saturated heterocycles. The van der Waals surface area contributed by atoms with Crippen LogP contribution in [0.4, 0.5) is 4.39 Å². The second-order valence-electron chi connectivity index (χ2n) is 2.88. The first kappa shape index (κ1) is 12.6. The van der Waals surface area contributed by atoms with Gasteiger partial charge in [0.05, 0.1) is 9.30 Å². The van der Waals surface area contributed by atoms with Gasteiger partial charge in [-0.2, -0.15) is 0 Å². The molecule has 0 heterocycles. The molecule has 0 bridgehead atoms. The maximum absolute atomic E-state index is 11.9. The fourth-order valence-electron chi connectivity index (χ4n) is 1.06. The molecule has 0 aromatic heterocycles. The Morgan fingerprint density at radius 2 is 2.27 bits per heavy atom. The van der Waals surface area contributed by atoms with Crippen molar-refractivity contribution in [3.63, 3.8) is 0 Å². The lowest BCUT2D eigenvalue weighted by atomic mass is 10.1. The van der Waals surface area contributed by atoms with Gasteiger partial charge in [0, 0.05) is 5.56 Å². The second kappa shape index (κ2) is 5.61. The number of benzene rings is 1. The van der Waals surface area contributed by atoms with E-state index in [0.717, 1.165) is 0 Å². The molecule has 0 aliphatic carbocycles. The Kier molecular flexibility index (Phi) is 4.73. The third-order valence-corrected chi connectivity index (χ3v) is 2.82. The summed E-state index contributed by atoms with van der Waals surface area (Å²) in [6, 6.07) is 4.78. The molecule has 1 unspecified atom stereocenters. The van der Waals surface area contributed by atoms with Crippen molar-refractivity contribution in [2.45, 2.75) is 11.8 Å². The molecule has 0 fully saturated rings. The van der Waals surface area contributed by atoms with Gasteiger partial charge in [0.2, 0.25) is 6.86 Å². The van der Waals surface area contributed by atoms with Gasteiger partial charge >= 0.3 is 0 Å². The fourth-order valence-corrected chi connectivity index (χ4v) is 1.82. The predicted molar refractivity (Wildman–Crippen MR) is 63.5 cm³/mol. The fraction of sp³-hybridized carbons (Fsp3) is 0.300. The van der Waals surface area contributed by atoms with Gasteiger partial charge in [-0.1, -0.05) is 15.9 Å². The van der Waals surface area contributed by atoms with E-state index in [2.05, 4.69) is 31.9 Å². The second-order valence-corrected chi connectivity index (χ2v) is 5.11. The highest BCUT2D eigenvalue weighted by molar-refractivity contribution is 9.10. The zero-order valence-corrected chi connectivity index (χ0v) is 11.1. The average Bonchev–Trinajstić information content (AvgIpc) is 2.20. The SMILES string of the molecule is CC(Br)C(=O)c1ccc(OCF)c(Br)c1. The summed E-state index contributed by atoms with van der Waals surface area (Å²) in [6.07, 6.45) is 0. The van der Waals surface area contributed by atoms with E-state index in [0.29, 0.717) is 15.8 Å². The van der Waals surface area contributed by atoms with Gasteiger partial charge in [0.15, 0.2) is 5.78 Å². The van der Waals surface area contributed by atoms with Crippen LogP contribution < -0.4 is 4.74 Å². The third-order valence-electron chi connectivity index (χ3n) is 1.79. The number of rotatable bonds is 4. The van der Waals surface area contributed by atoms with Crippen LogP contribution in [0.2, 0.25) is 0 Å². The maximum atomic E-state index is 11.9. The molecule has 82 valence electrons. The molecule has 0 spiro atoms. The van der Waals surface area contributed by atoms with Gasteiger partial charge < -0.3 is 4.74 Å². The van der Waals surface area contributed by atoms with Gasteiger partial charge in [-0.25, -0.2) is 4.39 Å². The summed E-state index contributed by atoms with van der Waals surface area (Å²) in [4.78, 5) is 11.3. The van der Waals surface area contributed by atoms with Crippen LogP contribution in [0.5, 0.6) is 5.75 Å². The van der Waals surface area contributed by atoms with Crippen molar-refractivity contribution >= 4 is 37.6 Å². The summed E-state index contributed by atoms with van der Waals surface area (Å²) in [5, 5.41) is 0. The number of ether oxygens (including phenoxy) is 1. The van der Waals surface area contributed by atoms with Crippen LogP contribution in [-0.4, -0.2) is 17.5 Å². The highest BCUT2D eigenvalue weighted by Gasteiger charge is 2.13. The average molecular weight is 340 g/mol. The summed E-state index contributed by atoms with van der Waals surface area (Å²) in [7, 11) is 0. The van der Waals surface area contributed by atoms with E-state index in [1.165, 1.54) is 0 Å². The van der Waals surface area contributed by atoms with E-state index >= 15 is 0 Å². The largest absolute Gasteiger partial charge is 0.462 e. The van der Waals surface area contributed by atoms with Gasteiger partial charge in [0.25, 0.3) is 0 Å². The number of ketones is 1. The molecule has 1 aromatic rings. The van der Waals surface area contributed by atoms with E-state index in [-0.39, 0.29) is 10.6 Å². The van der Waals surface area contributed by atoms with Crippen molar-refractivity contribution in [2.24, 2.45) is 0 Å². The Morgan fingerprint density at radius 3 is 2.73 bits per heavy atom. The summed E-state index contributed by atoms with van der Waals surface area (Å²) in [5.74, 6) is 0.360. The third kappa shape index (κ3) is 3.28. The lowest BCUT2D eigenvalue weighted by Gasteiger charge is -2.07. The Labute approximate surface area is 104 Å². The minimum absolute atomic E-state index is 0.0255. The van der Waals surface area contributed by atoms with Crippen LogP contribution in [-0.2, 0) is 0 Å². The standard InChI is InChI=1S/C10H9Br2FO2/c1-6(11)10(14)7-2-3-9(15-5-13)8(12)4-7/h2-4,6H,5H2,1H3. The number of hydrogen-bond donors (Lipinski definition) is 0. The minimum atomic E-state index is -0.888. The molecule has 1 rings (SSSR count). The van der Waals surface area contributed by atoms with E-state index in [4.69, 9.17) is 4.74 Å². The molecule has 15 heavy (non-hydrogen) atoms. The number of carbonyl (C=O) groups excluding carboxylic acids is 1. The monoisotopic (exact) mass is 338 g/mol. The Balaban J connectivity index is 2.96. The molecule has 0 radical (unpaired) electrons. The van der Waals surface area contributed by atoms with Crippen molar-refractivity contribution < 1.29 is 13.9 Å². The molecule has 0 aliphatic heterocycles. The number of alkyl halides is 2. The smallest absolute Gasteiger partial charge is 0.228 e. The topological polar surface area (TPSA) is 26.3 Å². The first-order chi connectivity index (χ1) is 7.06. The van der Waals surface area contributed by atoms with Crippen LogP contribution in [0.1, 0.15) is 17.3 Å². The van der Waals surface area contributed by atoms with Crippen LogP contribution in [0.15, 0.2) is 22.7 Å². The summed E-state index contributed by atoms with van der Waals surface area (Å²) >= 11 is 6.40. The van der Waals surface area contributed by atoms with Gasteiger partial charge in [-0.05, 0) is 41.1 Å². The summed E-state index contributed by atoms with van der Waals surface area (Å²) in [5.41, 5.74) is 0.553. The van der Waals surface area contributed by atoms with Crippen molar-refractivity contribution in [1.29, 1.82) is 0 Å². The number of halogens is 3. The van der Waals surface area contributed by atoms with Crippen molar-refractivity contribution in [3.05, 3.63) is 28.2 Å². The molecule has 5 heteroatoms. The first-order valence-electron chi connectivity index (χ1n) is 4.23. The molecular weight excluding hydrogens is 331 g/mol. The highest BCUT2D eigenvalue weighted by atomic mass is 79.9. The van der Waals surface area contributed by atoms with Crippen molar-refractivity contribution in [2.75, 3.05) is 6.86 Å². The molecule has 0 saturated carbocycles. The lowest BCUT2D eigenvalue weighted by molar-refractivity contribution is 0.0995. The first-order valence-corrected chi connectivity index (χ1v) is 5.93. The van der Waals surface area contributed by atoms with Crippen molar-refractivity contribution in [1.82, 2.24) is 0 Å².